The third-order valence-corrected chi connectivity index (χ3v) is 7.44. The molecule has 1 heterocycles. The summed E-state index contributed by atoms with van der Waals surface area (Å²) in [5.74, 6) is -0.0591. The van der Waals surface area contributed by atoms with E-state index in [1.807, 2.05) is 24.3 Å². The number of amides is 1. The van der Waals surface area contributed by atoms with Crippen molar-refractivity contribution in [1.29, 1.82) is 0 Å². The van der Waals surface area contributed by atoms with Crippen molar-refractivity contribution in [1.82, 2.24) is 4.72 Å². The monoisotopic (exact) mass is 409 g/mol. The third kappa shape index (κ3) is 5.46. The molecule has 2 fully saturated rings. The van der Waals surface area contributed by atoms with E-state index in [2.05, 4.69) is 14.9 Å². The Morgan fingerprint density at radius 3 is 2.46 bits per heavy atom. The van der Waals surface area contributed by atoms with Gasteiger partial charge in [0.2, 0.25) is 15.9 Å². The molecule has 7 nitrogen and oxygen atoms in total. The Morgan fingerprint density at radius 2 is 1.82 bits per heavy atom. The maximum absolute atomic E-state index is 12.7. The summed E-state index contributed by atoms with van der Waals surface area (Å²) in [4.78, 5) is 14.9. The van der Waals surface area contributed by atoms with E-state index in [9.17, 15) is 13.2 Å². The Hall–Kier alpha value is -1.64. The molecule has 28 heavy (non-hydrogen) atoms. The molecule has 0 atom stereocenters. The molecule has 2 aliphatic rings. The number of hydrogen-bond donors (Lipinski definition) is 2. The number of rotatable bonds is 6. The molecule has 0 aromatic heterocycles. The highest BCUT2D eigenvalue weighted by molar-refractivity contribution is 7.90. The van der Waals surface area contributed by atoms with Gasteiger partial charge in [-0.3, -0.25) is 4.79 Å². The second kappa shape index (κ2) is 9.24. The summed E-state index contributed by atoms with van der Waals surface area (Å²) in [6.45, 7) is 6.50. The maximum Gasteiger partial charge on any atom is 0.227 e. The molecular weight excluding hydrogens is 378 g/mol. The van der Waals surface area contributed by atoms with Gasteiger partial charge in [0, 0.05) is 36.4 Å². The number of sulfonamides is 1. The molecule has 0 bridgehead atoms. The molecule has 2 N–H and O–H groups in total. The van der Waals surface area contributed by atoms with Gasteiger partial charge in [-0.05, 0) is 57.7 Å². The lowest BCUT2D eigenvalue weighted by atomic mass is 9.86. The van der Waals surface area contributed by atoms with Gasteiger partial charge in [-0.1, -0.05) is 6.07 Å². The van der Waals surface area contributed by atoms with E-state index in [4.69, 9.17) is 4.74 Å². The van der Waals surface area contributed by atoms with Crippen LogP contribution in [-0.2, 0) is 19.6 Å². The van der Waals surface area contributed by atoms with Crippen molar-refractivity contribution in [2.75, 3.05) is 36.5 Å². The summed E-state index contributed by atoms with van der Waals surface area (Å²) in [6, 6.07) is 7.85. The first-order valence-electron chi connectivity index (χ1n) is 10.1. The molecule has 8 heteroatoms. The van der Waals surface area contributed by atoms with Gasteiger partial charge in [-0.15, -0.1) is 0 Å². The first-order chi connectivity index (χ1) is 13.3. The van der Waals surface area contributed by atoms with Crippen LogP contribution in [0.4, 0.5) is 11.4 Å². The zero-order chi connectivity index (χ0) is 20.1. The van der Waals surface area contributed by atoms with Crippen LogP contribution in [0, 0.1) is 5.92 Å². The molecule has 0 radical (unpaired) electrons. The Labute approximate surface area is 167 Å². The summed E-state index contributed by atoms with van der Waals surface area (Å²) < 4.78 is 32.2. The van der Waals surface area contributed by atoms with Crippen molar-refractivity contribution in [2.45, 2.75) is 50.8 Å². The summed E-state index contributed by atoms with van der Waals surface area (Å²) >= 11 is 0. The number of benzene rings is 1. The molecular formula is C20H31N3O4S. The zero-order valence-corrected chi connectivity index (χ0v) is 17.5. The lowest BCUT2D eigenvalue weighted by molar-refractivity contribution is -0.120. The van der Waals surface area contributed by atoms with Crippen LogP contribution in [0.15, 0.2) is 24.3 Å². The van der Waals surface area contributed by atoms with Gasteiger partial charge in [0.25, 0.3) is 0 Å². The fourth-order valence-corrected chi connectivity index (χ4v) is 4.66. The fraction of sp³-hybridized carbons (Fsp3) is 0.650. The van der Waals surface area contributed by atoms with Crippen molar-refractivity contribution in [3.8, 4) is 0 Å². The van der Waals surface area contributed by atoms with Gasteiger partial charge < -0.3 is 15.0 Å². The van der Waals surface area contributed by atoms with Gasteiger partial charge in [0.1, 0.15) is 0 Å². The molecule has 0 spiro atoms. The minimum atomic E-state index is -3.26. The standard InChI is InChI=1S/C20H31N3O4S/c1-15(2)28(25,26)22-17-8-6-16(7-9-17)20(24)21-18-4-3-5-19(14-18)23-10-12-27-13-11-23/h3-5,14-17,22H,6-13H2,1-2H3,(H,21,24). The fourth-order valence-electron chi connectivity index (χ4n) is 3.69. The number of hydrogen-bond acceptors (Lipinski definition) is 5. The smallest absolute Gasteiger partial charge is 0.227 e. The zero-order valence-electron chi connectivity index (χ0n) is 16.7. The van der Waals surface area contributed by atoms with Crippen molar-refractivity contribution in [2.24, 2.45) is 5.92 Å². The quantitative estimate of drug-likeness (QED) is 0.753. The second-order valence-electron chi connectivity index (χ2n) is 7.90. The number of nitrogens with zero attached hydrogens (tertiary/aromatic N) is 1. The van der Waals surface area contributed by atoms with Crippen LogP contribution in [0.3, 0.4) is 0 Å². The van der Waals surface area contributed by atoms with Crippen LogP contribution < -0.4 is 14.9 Å². The molecule has 1 saturated carbocycles. The third-order valence-electron chi connectivity index (χ3n) is 5.54. The Kier molecular flexibility index (Phi) is 6.95. The maximum atomic E-state index is 12.7. The topological polar surface area (TPSA) is 87.7 Å². The number of carbonyl (C=O) groups excluding carboxylic acids is 1. The van der Waals surface area contributed by atoms with E-state index in [0.717, 1.165) is 37.7 Å². The van der Waals surface area contributed by atoms with Gasteiger partial charge >= 0.3 is 0 Å². The Balaban J connectivity index is 1.52. The normalized spacial score (nSPS) is 23.6. The van der Waals surface area contributed by atoms with Crippen LogP contribution in [0.1, 0.15) is 39.5 Å². The van der Waals surface area contributed by atoms with E-state index in [-0.39, 0.29) is 17.9 Å². The highest BCUT2D eigenvalue weighted by Crippen LogP contribution is 2.27. The minimum Gasteiger partial charge on any atom is -0.378 e. The molecule has 1 amide bonds. The van der Waals surface area contributed by atoms with Crippen LogP contribution in [0.25, 0.3) is 0 Å². The summed E-state index contributed by atoms with van der Waals surface area (Å²) in [6.07, 6.45) is 2.77. The van der Waals surface area contributed by atoms with Gasteiger partial charge in [0.05, 0.1) is 18.5 Å². The average Bonchev–Trinajstić information content (AvgIpc) is 2.69. The lowest BCUT2D eigenvalue weighted by Crippen LogP contribution is -2.42. The average molecular weight is 410 g/mol. The van der Waals surface area contributed by atoms with Gasteiger partial charge in [-0.2, -0.15) is 0 Å². The molecule has 1 aromatic carbocycles. The van der Waals surface area contributed by atoms with Crippen molar-refractivity contribution >= 4 is 27.3 Å². The SMILES string of the molecule is CC(C)S(=O)(=O)NC1CCC(C(=O)Nc2cccc(N3CCOCC3)c2)CC1. The van der Waals surface area contributed by atoms with Gasteiger partial charge in [0.15, 0.2) is 0 Å². The molecule has 1 saturated heterocycles. The molecule has 156 valence electrons. The van der Waals surface area contributed by atoms with Gasteiger partial charge in [-0.25, -0.2) is 13.1 Å². The lowest BCUT2D eigenvalue weighted by Gasteiger charge is -2.30. The molecule has 1 aromatic rings. The van der Waals surface area contributed by atoms with E-state index in [1.54, 1.807) is 13.8 Å². The van der Waals surface area contributed by atoms with Crippen LogP contribution in [0.2, 0.25) is 0 Å². The Morgan fingerprint density at radius 1 is 1.14 bits per heavy atom. The largest absolute Gasteiger partial charge is 0.378 e. The van der Waals surface area contributed by atoms with E-state index in [1.165, 1.54) is 0 Å². The summed E-state index contributed by atoms with van der Waals surface area (Å²) in [5.41, 5.74) is 1.89. The van der Waals surface area contributed by atoms with Crippen molar-refractivity contribution in [3.63, 3.8) is 0 Å². The predicted molar refractivity (Wildman–Crippen MR) is 111 cm³/mol. The minimum absolute atomic E-state index is 0.0179. The summed E-state index contributed by atoms with van der Waals surface area (Å²) in [7, 11) is -3.26. The van der Waals surface area contributed by atoms with Crippen molar-refractivity contribution < 1.29 is 17.9 Å². The molecule has 3 rings (SSSR count). The van der Waals surface area contributed by atoms with E-state index >= 15 is 0 Å². The number of morpholine rings is 1. The molecule has 0 unspecified atom stereocenters. The van der Waals surface area contributed by atoms with Crippen molar-refractivity contribution in [3.05, 3.63) is 24.3 Å². The highest BCUT2D eigenvalue weighted by Gasteiger charge is 2.29. The summed E-state index contributed by atoms with van der Waals surface area (Å²) in [5, 5.41) is 2.60. The van der Waals surface area contributed by atoms with E-state index < -0.39 is 15.3 Å². The first-order valence-corrected chi connectivity index (χ1v) is 11.6. The van der Waals surface area contributed by atoms with E-state index in [0.29, 0.717) is 25.7 Å². The Bertz CT molecular complexity index is 767. The highest BCUT2D eigenvalue weighted by atomic mass is 32.2. The number of anilines is 2. The second-order valence-corrected chi connectivity index (χ2v) is 10.2. The van der Waals surface area contributed by atoms with Crippen LogP contribution in [-0.4, -0.2) is 51.9 Å². The number of nitrogens with one attached hydrogen (secondary N) is 2. The number of carbonyl (C=O) groups is 1. The number of ether oxygens (including phenoxy) is 1. The van der Waals surface area contributed by atoms with Crippen LogP contribution in [0.5, 0.6) is 0 Å². The molecule has 1 aliphatic carbocycles. The van der Waals surface area contributed by atoms with Crippen LogP contribution >= 0.6 is 0 Å². The first kappa shape index (κ1) is 21.1. The molecule has 1 aliphatic heterocycles. The predicted octanol–water partition coefficient (Wildman–Crippen LogP) is 2.35.